The second-order valence-electron chi connectivity index (χ2n) is 3.23. The van der Waals surface area contributed by atoms with E-state index in [9.17, 15) is 4.79 Å². The highest BCUT2D eigenvalue weighted by molar-refractivity contribution is 9.11. The summed E-state index contributed by atoms with van der Waals surface area (Å²) in [4.78, 5) is 11.7. The quantitative estimate of drug-likeness (QED) is 0.835. The van der Waals surface area contributed by atoms with E-state index in [-0.39, 0.29) is 5.91 Å². The molecule has 1 rings (SSSR count). The normalized spacial score (nSPS) is 10.1. The van der Waals surface area contributed by atoms with E-state index < -0.39 is 0 Å². The van der Waals surface area contributed by atoms with Crippen LogP contribution in [0.5, 0.6) is 0 Å². The van der Waals surface area contributed by atoms with Crippen LogP contribution < -0.4 is 5.32 Å². The summed E-state index contributed by atoms with van der Waals surface area (Å²) in [5.74, 6) is -0.0252. The van der Waals surface area contributed by atoms with E-state index in [1.165, 1.54) is 0 Å². The zero-order chi connectivity index (χ0) is 11.3. The third-order valence-corrected chi connectivity index (χ3v) is 3.14. The number of amides is 1. The predicted octanol–water partition coefficient (Wildman–Crippen LogP) is 3.74. The largest absolute Gasteiger partial charge is 0.352 e. The molecule has 1 amide bonds. The standard InChI is InChI=1S/C11H13Br2NO/c1-2-3-6-14-11(15)9-5-4-8(12)7-10(9)13/h4-5,7H,2-3,6H2,1H3,(H,14,15). The smallest absolute Gasteiger partial charge is 0.252 e. The van der Waals surface area contributed by atoms with Crippen molar-refractivity contribution in [3.05, 3.63) is 32.7 Å². The fourth-order valence-corrected chi connectivity index (χ4v) is 2.37. The number of unbranched alkanes of at least 4 members (excludes halogenated alkanes) is 1. The van der Waals surface area contributed by atoms with Crippen molar-refractivity contribution in [2.45, 2.75) is 19.8 Å². The Morgan fingerprint density at radius 3 is 2.73 bits per heavy atom. The second kappa shape index (κ2) is 6.28. The van der Waals surface area contributed by atoms with Crippen molar-refractivity contribution in [3.8, 4) is 0 Å². The van der Waals surface area contributed by atoms with Gasteiger partial charge in [-0.2, -0.15) is 0 Å². The molecule has 0 spiro atoms. The minimum Gasteiger partial charge on any atom is -0.352 e. The van der Waals surface area contributed by atoms with Crippen LogP contribution in [0, 0.1) is 0 Å². The summed E-state index contributed by atoms with van der Waals surface area (Å²) >= 11 is 6.71. The number of hydrogen-bond donors (Lipinski definition) is 1. The average Bonchev–Trinajstić information content (AvgIpc) is 2.17. The van der Waals surface area contributed by atoms with E-state index in [2.05, 4.69) is 44.1 Å². The molecule has 1 aromatic rings. The van der Waals surface area contributed by atoms with E-state index in [0.29, 0.717) is 5.56 Å². The Balaban J connectivity index is 2.65. The summed E-state index contributed by atoms with van der Waals surface area (Å²) in [6.07, 6.45) is 2.10. The summed E-state index contributed by atoms with van der Waals surface area (Å²) in [5.41, 5.74) is 0.675. The third kappa shape index (κ3) is 3.95. The molecular weight excluding hydrogens is 322 g/mol. The van der Waals surface area contributed by atoms with Gasteiger partial charge in [0.25, 0.3) is 5.91 Å². The van der Waals surface area contributed by atoms with Gasteiger partial charge in [0.2, 0.25) is 0 Å². The van der Waals surface area contributed by atoms with Crippen LogP contribution in [0.2, 0.25) is 0 Å². The number of hydrogen-bond acceptors (Lipinski definition) is 1. The van der Waals surface area contributed by atoms with Crippen LogP contribution in [0.25, 0.3) is 0 Å². The average molecular weight is 335 g/mol. The van der Waals surface area contributed by atoms with Gasteiger partial charge in [0.1, 0.15) is 0 Å². The molecule has 0 atom stereocenters. The van der Waals surface area contributed by atoms with Crippen molar-refractivity contribution >= 4 is 37.8 Å². The zero-order valence-corrected chi connectivity index (χ0v) is 11.7. The van der Waals surface area contributed by atoms with Gasteiger partial charge in [0.15, 0.2) is 0 Å². The zero-order valence-electron chi connectivity index (χ0n) is 8.52. The Morgan fingerprint density at radius 2 is 2.13 bits per heavy atom. The minimum atomic E-state index is -0.0252. The molecule has 1 N–H and O–H groups in total. The number of halogens is 2. The second-order valence-corrected chi connectivity index (χ2v) is 5.00. The van der Waals surface area contributed by atoms with Gasteiger partial charge in [-0.3, -0.25) is 4.79 Å². The first-order valence-electron chi connectivity index (χ1n) is 4.88. The number of rotatable bonds is 4. The topological polar surface area (TPSA) is 29.1 Å². The van der Waals surface area contributed by atoms with Crippen molar-refractivity contribution < 1.29 is 4.79 Å². The lowest BCUT2D eigenvalue weighted by molar-refractivity contribution is 0.0952. The van der Waals surface area contributed by atoms with Crippen molar-refractivity contribution in [3.63, 3.8) is 0 Å². The van der Waals surface area contributed by atoms with Gasteiger partial charge in [-0.15, -0.1) is 0 Å². The summed E-state index contributed by atoms with van der Waals surface area (Å²) in [7, 11) is 0. The predicted molar refractivity (Wildman–Crippen MR) is 69.1 cm³/mol. The minimum absolute atomic E-state index is 0.0252. The molecule has 4 heteroatoms. The summed E-state index contributed by atoms with van der Waals surface area (Å²) in [6, 6.07) is 5.53. The monoisotopic (exact) mass is 333 g/mol. The number of benzene rings is 1. The van der Waals surface area contributed by atoms with Gasteiger partial charge in [-0.05, 0) is 40.5 Å². The van der Waals surface area contributed by atoms with Gasteiger partial charge in [-0.1, -0.05) is 29.3 Å². The lowest BCUT2D eigenvalue weighted by Crippen LogP contribution is -2.24. The Morgan fingerprint density at radius 1 is 1.40 bits per heavy atom. The first-order valence-corrected chi connectivity index (χ1v) is 6.47. The third-order valence-electron chi connectivity index (χ3n) is 1.99. The van der Waals surface area contributed by atoms with E-state index >= 15 is 0 Å². The molecule has 0 heterocycles. The molecule has 15 heavy (non-hydrogen) atoms. The van der Waals surface area contributed by atoms with E-state index in [1.807, 2.05) is 12.1 Å². The van der Waals surface area contributed by atoms with Gasteiger partial charge in [0.05, 0.1) is 5.56 Å². The first kappa shape index (κ1) is 12.7. The Labute approximate surface area is 107 Å². The van der Waals surface area contributed by atoms with Crippen LogP contribution in [-0.4, -0.2) is 12.5 Å². The summed E-state index contributed by atoms with van der Waals surface area (Å²) in [6.45, 7) is 2.83. The highest BCUT2D eigenvalue weighted by atomic mass is 79.9. The lowest BCUT2D eigenvalue weighted by atomic mass is 10.2. The molecule has 0 bridgehead atoms. The highest BCUT2D eigenvalue weighted by Crippen LogP contribution is 2.21. The molecule has 0 unspecified atom stereocenters. The van der Waals surface area contributed by atoms with Gasteiger partial charge >= 0.3 is 0 Å². The van der Waals surface area contributed by atoms with Crippen molar-refractivity contribution in [1.82, 2.24) is 5.32 Å². The maximum Gasteiger partial charge on any atom is 0.252 e. The van der Waals surface area contributed by atoms with Crippen LogP contribution in [0.3, 0.4) is 0 Å². The molecule has 0 aliphatic heterocycles. The maximum atomic E-state index is 11.7. The number of nitrogens with one attached hydrogen (secondary N) is 1. The van der Waals surface area contributed by atoms with E-state index in [0.717, 1.165) is 28.3 Å². The molecule has 0 saturated heterocycles. The molecule has 0 saturated carbocycles. The first-order chi connectivity index (χ1) is 7.15. The Kier molecular flexibility index (Phi) is 5.32. The SMILES string of the molecule is CCCCNC(=O)c1ccc(Br)cc1Br. The molecular formula is C11H13Br2NO. The van der Waals surface area contributed by atoms with Crippen molar-refractivity contribution in [2.75, 3.05) is 6.54 Å². The molecule has 0 aromatic heterocycles. The van der Waals surface area contributed by atoms with Crippen LogP contribution in [0.1, 0.15) is 30.1 Å². The van der Waals surface area contributed by atoms with E-state index in [1.54, 1.807) is 6.07 Å². The van der Waals surface area contributed by atoms with Crippen LogP contribution in [0.4, 0.5) is 0 Å². The van der Waals surface area contributed by atoms with Crippen LogP contribution >= 0.6 is 31.9 Å². The Hall–Kier alpha value is -0.350. The van der Waals surface area contributed by atoms with Crippen LogP contribution in [0.15, 0.2) is 27.1 Å². The van der Waals surface area contributed by atoms with Gasteiger partial charge < -0.3 is 5.32 Å². The lowest BCUT2D eigenvalue weighted by Gasteiger charge is -2.06. The summed E-state index contributed by atoms with van der Waals surface area (Å²) in [5, 5.41) is 2.88. The summed E-state index contributed by atoms with van der Waals surface area (Å²) < 4.78 is 1.77. The van der Waals surface area contributed by atoms with Crippen LogP contribution in [-0.2, 0) is 0 Å². The molecule has 0 aliphatic carbocycles. The maximum absolute atomic E-state index is 11.7. The molecule has 0 radical (unpaired) electrons. The fourth-order valence-electron chi connectivity index (χ4n) is 1.15. The Bertz CT molecular complexity index is 352. The fraction of sp³-hybridized carbons (Fsp3) is 0.364. The molecule has 0 fully saturated rings. The molecule has 82 valence electrons. The van der Waals surface area contributed by atoms with Crippen molar-refractivity contribution in [1.29, 1.82) is 0 Å². The number of carbonyl (C=O) groups is 1. The van der Waals surface area contributed by atoms with Crippen molar-refractivity contribution in [2.24, 2.45) is 0 Å². The number of carbonyl (C=O) groups excluding carboxylic acids is 1. The molecule has 1 aromatic carbocycles. The molecule has 2 nitrogen and oxygen atoms in total. The van der Waals surface area contributed by atoms with E-state index in [4.69, 9.17) is 0 Å². The molecule has 0 aliphatic rings. The van der Waals surface area contributed by atoms with Gasteiger partial charge in [0, 0.05) is 15.5 Å². The highest BCUT2D eigenvalue weighted by Gasteiger charge is 2.08. The van der Waals surface area contributed by atoms with Gasteiger partial charge in [-0.25, -0.2) is 0 Å².